The zero-order chi connectivity index (χ0) is 13.7. The minimum absolute atomic E-state index is 0.130. The van der Waals surface area contributed by atoms with Gasteiger partial charge in [0.05, 0.1) is 0 Å². The Morgan fingerprint density at radius 3 is 2.63 bits per heavy atom. The van der Waals surface area contributed by atoms with Gasteiger partial charge in [0.2, 0.25) is 0 Å². The Balaban J connectivity index is 2.13. The van der Waals surface area contributed by atoms with Crippen LogP contribution in [0.15, 0.2) is 30.8 Å². The second-order valence-corrected chi connectivity index (χ2v) is 4.85. The SMILES string of the molecule is C=C([N-]CC)c1cccc(C(=O)N2CCCCC2)c1. The van der Waals surface area contributed by atoms with Gasteiger partial charge in [0, 0.05) is 18.7 Å². The van der Waals surface area contributed by atoms with Crippen LogP contribution in [0.3, 0.4) is 0 Å². The average Bonchev–Trinajstić information content (AvgIpc) is 2.48. The first-order valence-electron chi connectivity index (χ1n) is 6.98. The van der Waals surface area contributed by atoms with E-state index in [4.69, 9.17) is 0 Å². The second kappa shape index (κ2) is 6.41. The van der Waals surface area contributed by atoms with Crippen molar-refractivity contribution in [1.82, 2.24) is 4.90 Å². The topological polar surface area (TPSA) is 34.4 Å². The third kappa shape index (κ3) is 3.37. The zero-order valence-corrected chi connectivity index (χ0v) is 11.6. The Bertz CT molecular complexity index is 462. The molecule has 0 spiro atoms. The van der Waals surface area contributed by atoms with Gasteiger partial charge in [0.1, 0.15) is 0 Å². The van der Waals surface area contributed by atoms with Gasteiger partial charge in [-0.15, -0.1) is 18.8 Å². The van der Waals surface area contributed by atoms with Gasteiger partial charge in [-0.05, 0) is 37.0 Å². The first-order chi connectivity index (χ1) is 9.22. The van der Waals surface area contributed by atoms with Crippen molar-refractivity contribution in [2.75, 3.05) is 19.6 Å². The third-order valence-electron chi connectivity index (χ3n) is 3.43. The van der Waals surface area contributed by atoms with Crippen LogP contribution >= 0.6 is 0 Å². The third-order valence-corrected chi connectivity index (χ3v) is 3.43. The van der Waals surface area contributed by atoms with E-state index in [1.807, 2.05) is 36.1 Å². The van der Waals surface area contributed by atoms with Crippen molar-refractivity contribution in [3.8, 4) is 0 Å². The van der Waals surface area contributed by atoms with Gasteiger partial charge in [-0.2, -0.15) is 0 Å². The van der Waals surface area contributed by atoms with E-state index < -0.39 is 0 Å². The maximum absolute atomic E-state index is 12.4. The molecular formula is C16H21N2O-. The molecule has 3 heteroatoms. The first kappa shape index (κ1) is 13.7. The van der Waals surface area contributed by atoms with Crippen LogP contribution in [0.25, 0.3) is 11.0 Å². The van der Waals surface area contributed by atoms with Crippen LogP contribution in [-0.2, 0) is 0 Å². The summed E-state index contributed by atoms with van der Waals surface area (Å²) >= 11 is 0. The van der Waals surface area contributed by atoms with E-state index in [0.717, 1.165) is 42.8 Å². The van der Waals surface area contributed by atoms with Gasteiger partial charge >= 0.3 is 0 Å². The van der Waals surface area contributed by atoms with E-state index in [0.29, 0.717) is 6.54 Å². The number of nitrogens with zero attached hydrogens (tertiary/aromatic N) is 2. The maximum Gasteiger partial charge on any atom is 0.253 e. The van der Waals surface area contributed by atoms with Crippen LogP contribution < -0.4 is 0 Å². The molecule has 0 N–H and O–H groups in total. The molecule has 0 bridgehead atoms. The number of amides is 1. The molecule has 0 radical (unpaired) electrons. The fourth-order valence-corrected chi connectivity index (χ4v) is 2.39. The molecule has 0 unspecified atom stereocenters. The standard InChI is InChI=1S/C16H21N2O/c1-3-17-13(2)14-8-7-9-15(12-14)16(19)18-10-5-4-6-11-18/h7-9,12H,2-6,10-11H2,1H3/q-1. The van der Waals surface area contributed by atoms with Crippen molar-refractivity contribution in [2.24, 2.45) is 0 Å². The van der Waals surface area contributed by atoms with Crippen molar-refractivity contribution >= 4 is 11.6 Å². The normalized spacial score (nSPS) is 15.1. The number of carbonyl (C=O) groups is 1. The van der Waals surface area contributed by atoms with Crippen molar-refractivity contribution in [3.05, 3.63) is 47.3 Å². The molecule has 1 aromatic carbocycles. The predicted octanol–water partition coefficient (Wildman–Crippen LogP) is 3.68. The summed E-state index contributed by atoms with van der Waals surface area (Å²) in [6, 6.07) is 7.63. The first-order valence-corrected chi connectivity index (χ1v) is 6.98. The summed E-state index contributed by atoms with van der Waals surface area (Å²) in [5.41, 5.74) is 2.42. The summed E-state index contributed by atoms with van der Waals surface area (Å²) in [5, 5.41) is 4.29. The van der Waals surface area contributed by atoms with Crippen LogP contribution in [-0.4, -0.2) is 30.4 Å². The molecule has 1 saturated heterocycles. The van der Waals surface area contributed by atoms with E-state index >= 15 is 0 Å². The highest BCUT2D eigenvalue weighted by atomic mass is 16.2. The molecule has 0 aromatic heterocycles. The number of benzene rings is 1. The lowest BCUT2D eigenvalue weighted by atomic mass is 10.1. The van der Waals surface area contributed by atoms with Crippen LogP contribution in [0.1, 0.15) is 42.1 Å². The van der Waals surface area contributed by atoms with Gasteiger partial charge in [-0.3, -0.25) is 4.79 Å². The van der Waals surface area contributed by atoms with Gasteiger partial charge in [-0.25, -0.2) is 0 Å². The lowest BCUT2D eigenvalue weighted by Crippen LogP contribution is -2.35. The second-order valence-electron chi connectivity index (χ2n) is 4.85. The lowest BCUT2D eigenvalue weighted by Gasteiger charge is -2.27. The van der Waals surface area contributed by atoms with Crippen LogP contribution in [0.4, 0.5) is 0 Å². The summed E-state index contributed by atoms with van der Waals surface area (Å²) in [4.78, 5) is 14.3. The zero-order valence-electron chi connectivity index (χ0n) is 11.6. The molecule has 19 heavy (non-hydrogen) atoms. The van der Waals surface area contributed by atoms with Gasteiger partial charge in [0.15, 0.2) is 0 Å². The molecule has 1 aliphatic rings. The minimum Gasteiger partial charge on any atom is -0.685 e. The molecule has 0 saturated carbocycles. The van der Waals surface area contributed by atoms with E-state index in [1.54, 1.807) is 0 Å². The Kier molecular flexibility index (Phi) is 4.61. The molecular weight excluding hydrogens is 236 g/mol. The molecule has 102 valence electrons. The smallest absolute Gasteiger partial charge is 0.253 e. The Hall–Kier alpha value is -1.77. The molecule has 2 rings (SSSR count). The molecule has 0 aliphatic carbocycles. The predicted molar refractivity (Wildman–Crippen MR) is 79.1 cm³/mol. The summed E-state index contributed by atoms with van der Waals surface area (Å²) < 4.78 is 0. The molecule has 1 fully saturated rings. The number of hydrogen-bond donors (Lipinski definition) is 0. The number of piperidine rings is 1. The van der Waals surface area contributed by atoms with E-state index in [9.17, 15) is 4.79 Å². The van der Waals surface area contributed by atoms with Crippen LogP contribution in [0, 0.1) is 0 Å². The lowest BCUT2D eigenvalue weighted by molar-refractivity contribution is 0.0724. The van der Waals surface area contributed by atoms with Gasteiger partial charge in [0.25, 0.3) is 5.91 Å². The highest BCUT2D eigenvalue weighted by Gasteiger charge is 2.17. The molecule has 1 aromatic rings. The number of carbonyl (C=O) groups excluding carboxylic acids is 1. The minimum atomic E-state index is 0.130. The summed E-state index contributed by atoms with van der Waals surface area (Å²) in [7, 11) is 0. The van der Waals surface area contributed by atoms with Gasteiger partial charge < -0.3 is 10.2 Å². The monoisotopic (exact) mass is 257 g/mol. The highest BCUT2D eigenvalue weighted by Crippen LogP contribution is 2.20. The van der Waals surface area contributed by atoms with E-state index in [-0.39, 0.29) is 5.91 Å². The summed E-state index contributed by atoms with van der Waals surface area (Å²) in [6.07, 6.45) is 3.46. The van der Waals surface area contributed by atoms with Crippen molar-refractivity contribution in [2.45, 2.75) is 26.2 Å². The van der Waals surface area contributed by atoms with Crippen molar-refractivity contribution < 1.29 is 4.79 Å². The largest absolute Gasteiger partial charge is 0.685 e. The fourth-order valence-electron chi connectivity index (χ4n) is 2.39. The Morgan fingerprint density at radius 2 is 1.95 bits per heavy atom. The highest BCUT2D eigenvalue weighted by molar-refractivity contribution is 5.95. The summed E-state index contributed by atoms with van der Waals surface area (Å²) in [5.74, 6) is 0.130. The summed E-state index contributed by atoms with van der Waals surface area (Å²) in [6.45, 7) is 8.38. The quantitative estimate of drug-likeness (QED) is 0.810. The molecule has 1 heterocycles. The molecule has 3 nitrogen and oxygen atoms in total. The number of hydrogen-bond acceptors (Lipinski definition) is 1. The van der Waals surface area contributed by atoms with Crippen molar-refractivity contribution in [1.29, 1.82) is 0 Å². The number of likely N-dealkylation sites (tertiary alicyclic amines) is 1. The Morgan fingerprint density at radius 1 is 1.26 bits per heavy atom. The fraction of sp³-hybridized carbons (Fsp3) is 0.438. The Labute approximate surface area is 115 Å². The molecule has 1 aliphatic heterocycles. The van der Waals surface area contributed by atoms with Gasteiger partial charge in [-0.1, -0.05) is 19.1 Å². The molecule has 1 amide bonds. The van der Waals surface area contributed by atoms with Crippen LogP contribution in [0.5, 0.6) is 0 Å². The average molecular weight is 257 g/mol. The molecule has 0 atom stereocenters. The van der Waals surface area contributed by atoms with Crippen LogP contribution in [0.2, 0.25) is 0 Å². The van der Waals surface area contributed by atoms with E-state index in [2.05, 4.69) is 11.9 Å². The maximum atomic E-state index is 12.4. The number of rotatable bonds is 4. The van der Waals surface area contributed by atoms with E-state index in [1.165, 1.54) is 6.42 Å². The van der Waals surface area contributed by atoms with Crippen molar-refractivity contribution in [3.63, 3.8) is 0 Å².